The third-order valence-corrected chi connectivity index (χ3v) is 4.62. The quantitative estimate of drug-likeness (QED) is 0.687. The van der Waals surface area contributed by atoms with Crippen LogP contribution in [0.2, 0.25) is 0 Å². The molecule has 5 nitrogen and oxygen atoms in total. The fourth-order valence-corrected chi connectivity index (χ4v) is 2.83. The van der Waals surface area contributed by atoms with Crippen molar-refractivity contribution in [3.63, 3.8) is 0 Å². The molecule has 0 fully saturated rings. The maximum absolute atomic E-state index is 12.7. The highest BCUT2D eigenvalue weighted by Crippen LogP contribution is 2.23. The van der Waals surface area contributed by atoms with E-state index in [2.05, 4.69) is 18.7 Å². The number of aliphatic hydroxyl groups excluding tert-OH is 1. The Labute approximate surface area is 152 Å². The van der Waals surface area contributed by atoms with Crippen LogP contribution in [0.3, 0.4) is 0 Å². The molecule has 1 atom stereocenters. The number of nitrogens with zero attached hydrogens (tertiary/aromatic N) is 1. The lowest BCUT2D eigenvalue weighted by Gasteiger charge is -2.24. The van der Waals surface area contributed by atoms with E-state index in [9.17, 15) is 9.90 Å². The van der Waals surface area contributed by atoms with Crippen LogP contribution in [0, 0.1) is 6.92 Å². The summed E-state index contributed by atoms with van der Waals surface area (Å²) in [7, 11) is 1.96. The monoisotopic (exact) mass is 355 g/mol. The maximum Gasteiger partial charge on any atom is 0.200 e. The first-order valence-corrected chi connectivity index (χ1v) is 8.83. The second-order valence-electron chi connectivity index (χ2n) is 7.09. The molecule has 5 heteroatoms. The molecular weight excluding hydrogens is 330 g/mol. The lowest BCUT2D eigenvalue weighted by Crippen LogP contribution is -2.36. The van der Waals surface area contributed by atoms with Crippen LogP contribution in [0.5, 0.6) is 5.75 Å². The highest BCUT2D eigenvalue weighted by Gasteiger charge is 2.13. The van der Waals surface area contributed by atoms with Crippen LogP contribution < -0.4 is 10.2 Å². The van der Waals surface area contributed by atoms with Crippen LogP contribution in [0.15, 0.2) is 45.6 Å². The molecule has 0 amide bonds. The molecule has 0 radical (unpaired) electrons. The average Bonchev–Trinajstić information content (AvgIpc) is 2.60. The lowest BCUT2D eigenvalue weighted by molar-refractivity contribution is 0.0678. The smallest absolute Gasteiger partial charge is 0.200 e. The Morgan fingerprint density at radius 2 is 1.88 bits per heavy atom. The number of benzene rings is 2. The third kappa shape index (κ3) is 3.89. The van der Waals surface area contributed by atoms with E-state index in [1.807, 2.05) is 32.2 Å². The number of likely N-dealkylation sites (N-methyl/N-ethyl adjacent to an activating group) is 1. The molecule has 26 heavy (non-hydrogen) atoms. The Morgan fingerprint density at radius 1 is 1.12 bits per heavy atom. The van der Waals surface area contributed by atoms with Gasteiger partial charge >= 0.3 is 0 Å². The van der Waals surface area contributed by atoms with Crippen LogP contribution >= 0.6 is 0 Å². The zero-order valence-electron chi connectivity index (χ0n) is 15.7. The average molecular weight is 355 g/mol. The molecule has 2 aromatic carbocycles. The first-order valence-electron chi connectivity index (χ1n) is 8.83. The van der Waals surface area contributed by atoms with Crippen molar-refractivity contribution >= 4 is 21.9 Å². The van der Waals surface area contributed by atoms with E-state index in [-0.39, 0.29) is 12.0 Å². The van der Waals surface area contributed by atoms with E-state index in [1.165, 1.54) is 0 Å². The Kier molecular flexibility index (Phi) is 5.30. The van der Waals surface area contributed by atoms with E-state index in [0.717, 1.165) is 5.56 Å². The second kappa shape index (κ2) is 7.48. The molecule has 3 aromatic rings. The van der Waals surface area contributed by atoms with E-state index >= 15 is 0 Å². The van der Waals surface area contributed by atoms with E-state index in [4.69, 9.17) is 9.15 Å². The van der Waals surface area contributed by atoms with Gasteiger partial charge in [0.1, 0.15) is 29.6 Å². The van der Waals surface area contributed by atoms with Crippen molar-refractivity contribution in [2.24, 2.45) is 0 Å². The summed E-state index contributed by atoms with van der Waals surface area (Å²) in [6.45, 7) is 6.81. The maximum atomic E-state index is 12.7. The summed E-state index contributed by atoms with van der Waals surface area (Å²) in [4.78, 5) is 14.7. The molecule has 0 aliphatic carbocycles. The third-order valence-electron chi connectivity index (χ3n) is 4.62. The zero-order chi connectivity index (χ0) is 18.8. The Hall–Kier alpha value is -2.37. The van der Waals surface area contributed by atoms with Crippen LogP contribution in [-0.4, -0.2) is 42.4 Å². The molecule has 0 aliphatic rings. The number of aryl methyl sites for hydroxylation is 1. The molecule has 138 valence electrons. The molecule has 0 saturated carbocycles. The van der Waals surface area contributed by atoms with Gasteiger partial charge in [-0.1, -0.05) is 11.6 Å². The summed E-state index contributed by atoms with van der Waals surface area (Å²) >= 11 is 0. The second-order valence-corrected chi connectivity index (χ2v) is 7.09. The number of fused-ring (bicyclic) bond motifs is 2. The number of hydrogen-bond acceptors (Lipinski definition) is 5. The van der Waals surface area contributed by atoms with Crippen molar-refractivity contribution in [1.29, 1.82) is 0 Å². The minimum absolute atomic E-state index is 0.0462. The standard InChI is InChI=1S/C21H25NO4/c1-13(2)22(4)11-15(23)12-25-16-6-7-17-20(10-16)26-19-8-5-14(3)9-18(19)21(17)24/h5-10,13,15,23H,11-12H2,1-4H3. The van der Waals surface area contributed by atoms with Gasteiger partial charge in [0.05, 0.1) is 10.8 Å². The topological polar surface area (TPSA) is 62.9 Å². The minimum Gasteiger partial charge on any atom is -0.491 e. The van der Waals surface area contributed by atoms with Crippen LogP contribution in [0.4, 0.5) is 0 Å². The van der Waals surface area contributed by atoms with Gasteiger partial charge in [-0.2, -0.15) is 0 Å². The van der Waals surface area contributed by atoms with E-state index in [0.29, 0.717) is 40.3 Å². The molecule has 1 heterocycles. The largest absolute Gasteiger partial charge is 0.491 e. The fraction of sp³-hybridized carbons (Fsp3) is 0.381. The Bertz CT molecular complexity index is 977. The van der Waals surface area contributed by atoms with Gasteiger partial charge in [0.2, 0.25) is 5.43 Å². The molecule has 1 aromatic heterocycles. The number of aliphatic hydroxyl groups is 1. The van der Waals surface area contributed by atoms with Gasteiger partial charge in [-0.05, 0) is 52.1 Å². The molecular formula is C21H25NO4. The van der Waals surface area contributed by atoms with E-state index in [1.54, 1.807) is 18.2 Å². The van der Waals surface area contributed by atoms with E-state index < -0.39 is 6.10 Å². The van der Waals surface area contributed by atoms with Crippen molar-refractivity contribution in [2.45, 2.75) is 32.9 Å². The summed E-state index contributed by atoms with van der Waals surface area (Å²) in [5, 5.41) is 11.2. The summed E-state index contributed by atoms with van der Waals surface area (Å²) in [6.07, 6.45) is -0.593. The number of ether oxygens (including phenoxy) is 1. The molecule has 0 spiro atoms. The summed E-state index contributed by atoms with van der Waals surface area (Å²) in [6, 6.07) is 11.1. The van der Waals surface area contributed by atoms with Crippen molar-refractivity contribution in [3.05, 3.63) is 52.2 Å². The Morgan fingerprint density at radius 3 is 2.62 bits per heavy atom. The van der Waals surface area contributed by atoms with Crippen LogP contribution in [0.1, 0.15) is 19.4 Å². The molecule has 1 N–H and O–H groups in total. The van der Waals surface area contributed by atoms with Gasteiger partial charge < -0.3 is 19.2 Å². The van der Waals surface area contributed by atoms with Crippen LogP contribution in [0.25, 0.3) is 21.9 Å². The number of rotatable bonds is 6. The Balaban J connectivity index is 1.82. The molecule has 0 saturated heterocycles. The van der Waals surface area contributed by atoms with Gasteiger partial charge in [0.25, 0.3) is 0 Å². The van der Waals surface area contributed by atoms with Crippen molar-refractivity contribution < 1.29 is 14.3 Å². The first kappa shape index (κ1) is 18.4. The molecule has 1 unspecified atom stereocenters. The fourth-order valence-electron chi connectivity index (χ4n) is 2.83. The van der Waals surface area contributed by atoms with Crippen molar-refractivity contribution in [1.82, 2.24) is 4.90 Å². The predicted octanol–water partition coefficient (Wildman–Crippen LogP) is 3.33. The normalized spacial score (nSPS) is 13.0. The van der Waals surface area contributed by atoms with Crippen molar-refractivity contribution in [2.75, 3.05) is 20.2 Å². The van der Waals surface area contributed by atoms with Crippen molar-refractivity contribution in [3.8, 4) is 5.75 Å². The minimum atomic E-state index is -0.593. The summed E-state index contributed by atoms with van der Waals surface area (Å²) in [5.74, 6) is 0.568. The molecule has 0 bridgehead atoms. The van der Waals surface area contributed by atoms with Gasteiger partial charge in [0.15, 0.2) is 0 Å². The predicted molar refractivity (Wildman–Crippen MR) is 104 cm³/mol. The van der Waals surface area contributed by atoms with Crippen LogP contribution in [-0.2, 0) is 0 Å². The highest BCUT2D eigenvalue weighted by molar-refractivity contribution is 5.90. The van der Waals surface area contributed by atoms with Gasteiger partial charge in [-0.25, -0.2) is 0 Å². The highest BCUT2D eigenvalue weighted by atomic mass is 16.5. The molecule has 0 aliphatic heterocycles. The zero-order valence-corrected chi connectivity index (χ0v) is 15.7. The lowest BCUT2D eigenvalue weighted by atomic mass is 10.1. The van der Waals surface area contributed by atoms with Gasteiger partial charge in [-0.15, -0.1) is 0 Å². The SMILES string of the molecule is Cc1ccc2oc3cc(OCC(O)CN(C)C(C)C)ccc3c(=O)c2c1. The van der Waals surface area contributed by atoms with Gasteiger partial charge in [-0.3, -0.25) is 4.79 Å². The molecule has 3 rings (SSSR count). The first-order chi connectivity index (χ1) is 12.3. The van der Waals surface area contributed by atoms with Gasteiger partial charge in [0, 0.05) is 18.7 Å². The number of hydrogen-bond donors (Lipinski definition) is 1. The summed E-state index contributed by atoms with van der Waals surface area (Å²) < 4.78 is 11.6. The summed E-state index contributed by atoms with van der Waals surface area (Å²) in [5.41, 5.74) is 2.01.